The van der Waals surface area contributed by atoms with Gasteiger partial charge < -0.3 is 10.6 Å². The normalized spacial score (nSPS) is 16.7. The van der Waals surface area contributed by atoms with Gasteiger partial charge in [-0.2, -0.15) is 0 Å². The third kappa shape index (κ3) is 21.5. The Morgan fingerprint density at radius 2 is 1.72 bits per heavy atom. The number of hydrogen-bond donors (Lipinski definition) is 1. The van der Waals surface area contributed by atoms with Gasteiger partial charge in [0.25, 0.3) is 0 Å². The molecule has 226 valence electrons. The van der Waals surface area contributed by atoms with Crippen LogP contribution in [0.25, 0.3) is 0 Å². The number of aryl methyl sites for hydroxylation is 1. The van der Waals surface area contributed by atoms with Gasteiger partial charge in [0.05, 0.1) is 0 Å². The van der Waals surface area contributed by atoms with Gasteiger partial charge in [-0.3, -0.25) is 4.99 Å². The van der Waals surface area contributed by atoms with Gasteiger partial charge in [0, 0.05) is 30.4 Å². The Labute approximate surface area is 243 Å². The van der Waals surface area contributed by atoms with Crippen molar-refractivity contribution in [2.24, 2.45) is 10.7 Å². The number of rotatable bonds is 10. The molecule has 4 heteroatoms. The van der Waals surface area contributed by atoms with E-state index in [1.807, 2.05) is 52.8 Å². The van der Waals surface area contributed by atoms with Crippen molar-refractivity contribution in [3.8, 4) is 0 Å². The lowest BCUT2D eigenvalue weighted by molar-refractivity contribution is 0.185. The lowest BCUT2D eigenvalue weighted by atomic mass is 10.0. The van der Waals surface area contributed by atoms with Crippen molar-refractivity contribution in [3.63, 3.8) is 0 Å². The van der Waals surface area contributed by atoms with Crippen LogP contribution in [0, 0.1) is 12.7 Å². The fourth-order valence-electron chi connectivity index (χ4n) is 4.28. The Kier molecular flexibility index (Phi) is 32.4. The van der Waals surface area contributed by atoms with E-state index in [1.165, 1.54) is 38.5 Å². The smallest absolute Gasteiger partial charge is 0.126 e. The van der Waals surface area contributed by atoms with Gasteiger partial charge in [-0.25, -0.2) is 4.39 Å². The molecule has 1 fully saturated rings. The van der Waals surface area contributed by atoms with Crippen molar-refractivity contribution >= 4 is 6.21 Å². The van der Waals surface area contributed by atoms with E-state index in [-0.39, 0.29) is 5.82 Å². The number of benzene rings is 1. The Hall–Kier alpha value is -2.04. The Morgan fingerprint density at radius 1 is 1.08 bits per heavy atom. The molecule has 0 saturated heterocycles. The standard InChI is InChI=1S/C19H31FN2.C8H13N.C4H10.C2H6.C2H4/c1-3-22(17-9-5-8-16(21)12-13-17)14-6-10-18-15(2)7-4-11-19(18)20;1-4-7-8(5-2)9-6-3;1-3-4-2;2*1-2/h4,7,11,16-17H,3,5-6,8-10,12-14,21H2,1-2H3;4-6H,1,7H2,2-3H3;3-4H2,1-2H3;1-2H3;1-2H2/b;8-5-,9-6?;;;. The second-order valence-corrected chi connectivity index (χ2v) is 9.35. The zero-order chi connectivity index (χ0) is 30.5. The molecule has 1 saturated carbocycles. The zero-order valence-electron chi connectivity index (χ0n) is 27.1. The summed E-state index contributed by atoms with van der Waals surface area (Å²) in [5.41, 5.74) is 9.13. The largest absolute Gasteiger partial charge is 0.328 e. The summed E-state index contributed by atoms with van der Waals surface area (Å²) in [5.74, 6) is -0.0523. The Morgan fingerprint density at radius 3 is 2.21 bits per heavy atom. The molecule has 2 rings (SSSR count). The quantitative estimate of drug-likeness (QED) is 0.180. The molecule has 0 aliphatic heterocycles. The number of aliphatic imine (C=N–C) groups is 1. The van der Waals surface area contributed by atoms with Gasteiger partial charge in [-0.15, -0.1) is 19.7 Å². The number of allylic oxidation sites excluding steroid dienone is 2. The summed E-state index contributed by atoms with van der Waals surface area (Å²) < 4.78 is 13.9. The summed E-state index contributed by atoms with van der Waals surface area (Å²) in [6.45, 7) is 28.2. The van der Waals surface area contributed by atoms with Crippen LogP contribution in [0.15, 0.2) is 60.8 Å². The van der Waals surface area contributed by atoms with Crippen LogP contribution in [0.3, 0.4) is 0 Å². The van der Waals surface area contributed by atoms with Gasteiger partial charge in [-0.1, -0.05) is 78.2 Å². The molecule has 0 heterocycles. The molecule has 0 amide bonds. The van der Waals surface area contributed by atoms with Gasteiger partial charge >= 0.3 is 0 Å². The molecule has 0 bridgehead atoms. The minimum atomic E-state index is -0.0523. The topological polar surface area (TPSA) is 41.6 Å². The second-order valence-electron chi connectivity index (χ2n) is 9.35. The van der Waals surface area contributed by atoms with Gasteiger partial charge in [-0.05, 0) is 89.6 Å². The molecule has 1 aliphatic rings. The van der Waals surface area contributed by atoms with Gasteiger partial charge in [0.2, 0.25) is 0 Å². The van der Waals surface area contributed by atoms with Gasteiger partial charge in [0.15, 0.2) is 0 Å². The fourth-order valence-corrected chi connectivity index (χ4v) is 4.28. The van der Waals surface area contributed by atoms with Crippen LogP contribution in [0.1, 0.15) is 117 Å². The maximum Gasteiger partial charge on any atom is 0.126 e. The van der Waals surface area contributed by atoms with E-state index in [9.17, 15) is 4.39 Å². The maximum absolute atomic E-state index is 13.9. The van der Waals surface area contributed by atoms with Crippen LogP contribution in [0.5, 0.6) is 0 Å². The van der Waals surface area contributed by atoms with Crippen LogP contribution in [-0.4, -0.2) is 36.3 Å². The van der Waals surface area contributed by atoms with E-state index in [2.05, 4.69) is 50.4 Å². The first-order valence-corrected chi connectivity index (χ1v) is 15.4. The van der Waals surface area contributed by atoms with E-state index in [4.69, 9.17) is 5.73 Å². The van der Waals surface area contributed by atoms with Crippen LogP contribution in [0.4, 0.5) is 4.39 Å². The summed E-state index contributed by atoms with van der Waals surface area (Å²) in [5, 5.41) is 0. The highest BCUT2D eigenvalue weighted by Crippen LogP contribution is 2.22. The van der Waals surface area contributed by atoms with E-state index in [1.54, 1.807) is 18.3 Å². The average molecular weight is 546 g/mol. The second kappa shape index (κ2) is 30.5. The summed E-state index contributed by atoms with van der Waals surface area (Å²) >= 11 is 0. The molecule has 1 aliphatic carbocycles. The molecular formula is C35H64FN3. The molecule has 0 aromatic heterocycles. The zero-order valence-corrected chi connectivity index (χ0v) is 27.1. The molecule has 0 radical (unpaired) electrons. The van der Waals surface area contributed by atoms with Crippen molar-refractivity contribution in [3.05, 3.63) is 72.7 Å². The van der Waals surface area contributed by atoms with Crippen LogP contribution in [0.2, 0.25) is 0 Å². The highest BCUT2D eigenvalue weighted by atomic mass is 19.1. The molecule has 3 nitrogen and oxygen atoms in total. The SMILES string of the molecule is C=C.C=CC/C(=C/C)N=CC.CC.CCCC.CCN(CCCc1c(C)cccc1F)C1CCCC(N)CC1. The molecule has 1 aromatic carbocycles. The lowest BCUT2D eigenvalue weighted by Crippen LogP contribution is -2.36. The third-order valence-electron chi connectivity index (χ3n) is 6.61. The Balaban J connectivity index is -0.000000633. The number of nitrogens with two attached hydrogens (primary N) is 1. The number of nitrogens with zero attached hydrogens (tertiary/aromatic N) is 2. The number of unbranched alkanes of at least 4 members (excludes halogenated alkanes) is 1. The monoisotopic (exact) mass is 546 g/mol. The van der Waals surface area contributed by atoms with Crippen molar-refractivity contribution in [2.75, 3.05) is 13.1 Å². The van der Waals surface area contributed by atoms with E-state index in [0.717, 1.165) is 55.6 Å². The minimum absolute atomic E-state index is 0.0523. The molecule has 2 unspecified atom stereocenters. The van der Waals surface area contributed by atoms with Crippen LogP contribution >= 0.6 is 0 Å². The number of hydrogen-bond acceptors (Lipinski definition) is 3. The van der Waals surface area contributed by atoms with E-state index < -0.39 is 0 Å². The molecular weight excluding hydrogens is 481 g/mol. The van der Waals surface area contributed by atoms with Crippen molar-refractivity contribution in [1.82, 2.24) is 4.90 Å². The Bertz CT molecular complexity index is 719. The van der Waals surface area contributed by atoms with Crippen molar-refractivity contribution < 1.29 is 4.39 Å². The minimum Gasteiger partial charge on any atom is -0.328 e. The molecule has 1 aromatic rings. The third-order valence-corrected chi connectivity index (χ3v) is 6.61. The predicted octanol–water partition coefficient (Wildman–Crippen LogP) is 10.2. The van der Waals surface area contributed by atoms with E-state index in [0.29, 0.717) is 12.1 Å². The van der Waals surface area contributed by atoms with Crippen molar-refractivity contribution in [1.29, 1.82) is 0 Å². The molecule has 2 atom stereocenters. The summed E-state index contributed by atoms with van der Waals surface area (Å²) in [6, 6.07) is 6.43. The first-order valence-electron chi connectivity index (χ1n) is 15.4. The summed E-state index contributed by atoms with van der Waals surface area (Å²) in [6.07, 6.45) is 17.0. The lowest BCUT2D eigenvalue weighted by Gasteiger charge is -2.30. The summed E-state index contributed by atoms with van der Waals surface area (Å²) in [7, 11) is 0. The van der Waals surface area contributed by atoms with E-state index >= 15 is 0 Å². The van der Waals surface area contributed by atoms with Crippen LogP contribution in [-0.2, 0) is 6.42 Å². The summed E-state index contributed by atoms with van der Waals surface area (Å²) in [4.78, 5) is 6.67. The number of halogens is 1. The highest BCUT2D eigenvalue weighted by Gasteiger charge is 2.21. The first-order chi connectivity index (χ1) is 18.9. The molecule has 39 heavy (non-hydrogen) atoms. The highest BCUT2D eigenvalue weighted by molar-refractivity contribution is 5.55. The van der Waals surface area contributed by atoms with Gasteiger partial charge in [0.1, 0.15) is 5.82 Å². The molecule has 2 N–H and O–H groups in total. The average Bonchev–Trinajstić information content (AvgIpc) is 3.19. The molecule has 0 spiro atoms. The predicted molar refractivity (Wildman–Crippen MR) is 177 cm³/mol. The maximum atomic E-state index is 13.9. The fraction of sp³-hybridized carbons (Fsp3) is 0.629. The van der Waals surface area contributed by atoms with Crippen LogP contribution < -0.4 is 5.73 Å². The van der Waals surface area contributed by atoms with Crippen molar-refractivity contribution in [2.45, 2.75) is 132 Å². The first kappa shape index (κ1) is 41.4.